The largest absolute Gasteiger partial charge is 0.465 e. The molecule has 4 heteroatoms. The van der Waals surface area contributed by atoms with Gasteiger partial charge in [0.2, 0.25) is 0 Å². The highest BCUT2D eigenvalue weighted by Gasteiger charge is 2.46. The normalized spacial score (nSPS) is 11.7. The number of esters is 2. The lowest BCUT2D eigenvalue weighted by Gasteiger charge is -2.29. The van der Waals surface area contributed by atoms with E-state index in [4.69, 9.17) is 9.47 Å². The van der Waals surface area contributed by atoms with Gasteiger partial charge in [-0.15, -0.1) is 0 Å². The maximum absolute atomic E-state index is 12.9. The third-order valence-electron chi connectivity index (χ3n) is 6.71. The fraction of sp³-hybridized carbons (Fsp3) is 0.929. The van der Waals surface area contributed by atoms with Crippen LogP contribution in [-0.4, -0.2) is 24.6 Å². The number of rotatable bonds is 22. The highest BCUT2D eigenvalue weighted by Crippen LogP contribution is 2.31. The Morgan fingerprint density at radius 2 is 1.03 bits per heavy atom. The lowest BCUT2D eigenvalue weighted by atomic mass is 9.82. The maximum atomic E-state index is 12.9. The van der Waals surface area contributed by atoms with Crippen LogP contribution in [0.1, 0.15) is 150 Å². The Morgan fingerprint density at radius 3 is 1.44 bits per heavy atom. The Labute approximate surface area is 199 Å². The molecule has 0 fully saturated rings. The van der Waals surface area contributed by atoms with E-state index in [1.165, 1.54) is 64.2 Å². The Bertz CT molecular complexity index is 450. The zero-order valence-electron chi connectivity index (χ0n) is 22.1. The smallest absolute Gasteiger partial charge is 0.323 e. The summed E-state index contributed by atoms with van der Waals surface area (Å²) in [6.07, 6.45) is 19.6. The second kappa shape index (κ2) is 20.5. The highest BCUT2D eigenvalue weighted by molar-refractivity contribution is 6.00. The molecule has 0 aromatic heterocycles. The third kappa shape index (κ3) is 12.8. The summed E-state index contributed by atoms with van der Waals surface area (Å²) in [5, 5.41) is 0. The van der Waals surface area contributed by atoms with E-state index in [0.717, 1.165) is 38.5 Å². The average Bonchev–Trinajstić information content (AvgIpc) is 2.78. The molecule has 0 N–H and O–H groups in total. The topological polar surface area (TPSA) is 52.6 Å². The van der Waals surface area contributed by atoms with E-state index >= 15 is 0 Å². The quantitative estimate of drug-likeness (QED) is 0.0934. The van der Waals surface area contributed by atoms with Crippen molar-refractivity contribution in [3.63, 3.8) is 0 Å². The number of ether oxygens (including phenoxy) is 2. The van der Waals surface area contributed by atoms with Crippen LogP contribution in [0, 0.1) is 5.41 Å². The van der Waals surface area contributed by atoms with Crippen molar-refractivity contribution in [2.45, 2.75) is 156 Å². The van der Waals surface area contributed by atoms with Crippen molar-refractivity contribution in [2.75, 3.05) is 6.61 Å². The molecule has 0 aliphatic heterocycles. The van der Waals surface area contributed by atoms with Crippen molar-refractivity contribution in [3.05, 3.63) is 0 Å². The summed E-state index contributed by atoms with van der Waals surface area (Å²) in [4.78, 5) is 25.8. The van der Waals surface area contributed by atoms with Crippen LogP contribution >= 0.6 is 0 Å². The van der Waals surface area contributed by atoms with Gasteiger partial charge in [-0.3, -0.25) is 9.59 Å². The molecule has 0 aromatic carbocycles. The molecular weight excluding hydrogens is 400 g/mol. The first-order valence-electron chi connectivity index (χ1n) is 13.9. The molecule has 0 aliphatic carbocycles. The molecule has 32 heavy (non-hydrogen) atoms. The molecule has 4 nitrogen and oxygen atoms in total. The number of hydrogen-bond acceptors (Lipinski definition) is 4. The summed E-state index contributed by atoms with van der Waals surface area (Å²) in [6.45, 7) is 10.6. The summed E-state index contributed by atoms with van der Waals surface area (Å²) in [5.74, 6) is -0.795. The Hall–Kier alpha value is -1.06. The number of carbonyl (C=O) groups is 2. The molecule has 0 amide bonds. The van der Waals surface area contributed by atoms with Crippen LogP contribution in [-0.2, 0) is 19.1 Å². The molecule has 0 unspecified atom stereocenters. The van der Waals surface area contributed by atoms with Crippen LogP contribution in [0.15, 0.2) is 0 Å². The average molecular weight is 455 g/mol. The molecule has 0 aliphatic rings. The van der Waals surface area contributed by atoms with Crippen LogP contribution < -0.4 is 0 Å². The van der Waals surface area contributed by atoms with Gasteiger partial charge < -0.3 is 9.47 Å². The van der Waals surface area contributed by atoms with Crippen LogP contribution in [0.2, 0.25) is 0 Å². The first kappa shape index (κ1) is 30.9. The van der Waals surface area contributed by atoms with E-state index in [0.29, 0.717) is 19.4 Å². The zero-order valence-corrected chi connectivity index (χ0v) is 22.1. The summed E-state index contributed by atoms with van der Waals surface area (Å²) in [6, 6.07) is 0. The molecular formula is C28H54O4. The second-order valence-electron chi connectivity index (χ2n) is 9.42. The third-order valence-corrected chi connectivity index (χ3v) is 6.71. The van der Waals surface area contributed by atoms with Gasteiger partial charge in [0.15, 0.2) is 5.41 Å². The molecule has 0 atom stereocenters. The van der Waals surface area contributed by atoms with Gasteiger partial charge in [-0.1, -0.05) is 118 Å². The van der Waals surface area contributed by atoms with Gasteiger partial charge in [0.25, 0.3) is 0 Å². The molecule has 0 radical (unpaired) electrons. The SMILES string of the molecule is CCCCCCCCCCCCCCOC(=O)C(CC)(CC)C(=O)OC(CCC)CCC. The molecule has 0 bridgehead atoms. The van der Waals surface area contributed by atoms with E-state index < -0.39 is 17.4 Å². The maximum Gasteiger partial charge on any atom is 0.323 e. The summed E-state index contributed by atoms with van der Waals surface area (Å²) >= 11 is 0. The van der Waals surface area contributed by atoms with Gasteiger partial charge >= 0.3 is 11.9 Å². The van der Waals surface area contributed by atoms with E-state index in [1.807, 2.05) is 13.8 Å². The standard InChI is InChI=1S/C28H54O4/c1-6-11-12-13-14-15-16-17-18-19-20-21-24-31-26(29)28(9-4,10-5)27(30)32-25(22-7-2)23-8-3/h25H,6-24H2,1-5H3. The fourth-order valence-electron chi connectivity index (χ4n) is 4.33. The van der Waals surface area contributed by atoms with E-state index in [1.54, 1.807) is 0 Å². The van der Waals surface area contributed by atoms with Crippen molar-refractivity contribution < 1.29 is 19.1 Å². The lowest BCUT2D eigenvalue weighted by Crippen LogP contribution is -2.42. The predicted molar refractivity (Wildman–Crippen MR) is 135 cm³/mol. The van der Waals surface area contributed by atoms with Crippen LogP contribution in [0.25, 0.3) is 0 Å². The summed E-state index contributed by atoms with van der Waals surface area (Å²) in [5.41, 5.74) is -1.16. The van der Waals surface area contributed by atoms with Crippen molar-refractivity contribution in [1.29, 1.82) is 0 Å². The Kier molecular flexibility index (Phi) is 19.9. The number of unbranched alkanes of at least 4 members (excludes halogenated alkanes) is 11. The molecule has 0 rings (SSSR count). The number of hydrogen-bond donors (Lipinski definition) is 0. The lowest BCUT2D eigenvalue weighted by molar-refractivity contribution is -0.177. The summed E-state index contributed by atoms with van der Waals surface area (Å²) in [7, 11) is 0. The predicted octanol–water partition coefficient (Wildman–Crippen LogP) is 8.55. The van der Waals surface area contributed by atoms with Crippen molar-refractivity contribution in [1.82, 2.24) is 0 Å². The van der Waals surface area contributed by atoms with Crippen molar-refractivity contribution in [2.24, 2.45) is 5.41 Å². The van der Waals surface area contributed by atoms with Crippen LogP contribution in [0.3, 0.4) is 0 Å². The monoisotopic (exact) mass is 454 g/mol. The van der Waals surface area contributed by atoms with E-state index in [9.17, 15) is 9.59 Å². The van der Waals surface area contributed by atoms with E-state index in [-0.39, 0.29) is 6.10 Å². The number of carbonyl (C=O) groups excluding carboxylic acids is 2. The van der Waals surface area contributed by atoms with Gasteiger partial charge in [0.05, 0.1) is 6.61 Å². The van der Waals surface area contributed by atoms with Gasteiger partial charge in [0, 0.05) is 0 Å². The van der Waals surface area contributed by atoms with E-state index in [2.05, 4.69) is 20.8 Å². The fourth-order valence-corrected chi connectivity index (χ4v) is 4.33. The molecule has 0 saturated heterocycles. The molecule has 0 saturated carbocycles. The first-order chi connectivity index (χ1) is 15.5. The van der Waals surface area contributed by atoms with Gasteiger partial charge in [-0.05, 0) is 32.1 Å². The second-order valence-corrected chi connectivity index (χ2v) is 9.42. The molecule has 0 aromatic rings. The summed E-state index contributed by atoms with van der Waals surface area (Å²) < 4.78 is 11.3. The van der Waals surface area contributed by atoms with Crippen LogP contribution in [0.4, 0.5) is 0 Å². The zero-order chi connectivity index (χ0) is 24.1. The molecule has 0 heterocycles. The molecule has 0 spiro atoms. The van der Waals surface area contributed by atoms with Gasteiger partial charge in [-0.25, -0.2) is 0 Å². The highest BCUT2D eigenvalue weighted by atomic mass is 16.6. The minimum atomic E-state index is -1.16. The molecule has 190 valence electrons. The van der Waals surface area contributed by atoms with Crippen molar-refractivity contribution >= 4 is 11.9 Å². The minimum Gasteiger partial charge on any atom is -0.465 e. The van der Waals surface area contributed by atoms with Crippen molar-refractivity contribution in [3.8, 4) is 0 Å². The Balaban J connectivity index is 4.16. The minimum absolute atomic E-state index is 0.0980. The Morgan fingerprint density at radius 1 is 0.594 bits per heavy atom. The van der Waals surface area contributed by atoms with Crippen LogP contribution in [0.5, 0.6) is 0 Å². The van der Waals surface area contributed by atoms with Gasteiger partial charge in [0.1, 0.15) is 6.10 Å². The first-order valence-corrected chi connectivity index (χ1v) is 13.9. The van der Waals surface area contributed by atoms with Gasteiger partial charge in [-0.2, -0.15) is 0 Å².